The second-order valence-electron chi connectivity index (χ2n) is 6.60. The van der Waals surface area contributed by atoms with Crippen LogP contribution in [0.1, 0.15) is 12.5 Å². The maximum atomic E-state index is 11.8. The number of aryl methyl sites for hydroxylation is 1. The van der Waals surface area contributed by atoms with Crippen LogP contribution in [-0.2, 0) is 11.8 Å². The van der Waals surface area contributed by atoms with Crippen LogP contribution in [0.2, 0.25) is 0 Å². The van der Waals surface area contributed by atoms with Crippen molar-refractivity contribution in [2.45, 2.75) is 6.92 Å². The third-order valence-electron chi connectivity index (χ3n) is 4.24. The molecule has 9 heteroatoms. The van der Waals surface area contributed by atoms with Gasteiger partial charge in [0.25, 0.3) is 5.91 Å². The summed E-state index contributed by atoms with van der Waals surface area (Å²) in [6.07, 6.45) is 1.66. The molecule has 0 saturated carbocycles. The number of hydrogen-bond donors (Lipinski definition) is 0. The Morgan fingerprint density at radius 3 is 2.73 bits per heavy atom. The van der Waals surface area contributed by atoms with Gasteiger partial charge in [-0.05, 0) is 52.7 Å². The van der Waals surface area contributed by atoms with Crippen molar-refractivity contribution in [3.63, 3.8) is 0 Å². The maximum absolute atomic E-state index is 11.8. The van der Waals surface area contributed by atoms with Gasteiger partial charge in [0, 0.05) is 21.1 Å². The number of aromatic nitrogens is 1. The molecule has 3 aromatic rings. The fourth-order valence-electron chi connectivity index (χ4n) is 2.65. The molecule has 1 amide bonds. The molecule has 0 atom stereocenters. The van der Waals surface area contributed by atoms with E-state index in [-0.39, 0.29) is 12.5 Å². The molecular weight excluding hydrogens is 468 g/mol. The number of carbonyl (C=O) groups excluding carboxylic acids is 1. The van der Waals surface area contributed by atoms with Gasteiger partial charge in [0.2, 0.25) is 4.80 Å². The van der Waals surface area contributed by atoms with E-state index in [9.17, 15) is 4.79 Å². The number of hydrogen-bond acceptors (Lipinski definition) is 6. The molecule has 0 radical (unpaired) electrons. The maximum Gasteiger partial charge on any atom is 0.259 e. The summed E-state index contributed by atoms with van der Waals surface area (Å²) in [6, 6.07) is 11.8. The largest absolute Gasteiger partial charge is 0.490 e. The topological polar surface area (TPSA) is 68.4 Å². The first kappa shape index (κ1) is 22.0. The van der Waals surface area contributed by atoms with Crippen molar-refractivity contribution < 1.29 is 14.3 Å². The minimum absolute atomic E-state index is 0.0725. The second-order valence-corrected chi connectivity index (χ2v) is 8.46. The van der Waals surface area contributed by atoms with Gasteiger partial charge in [-0.25, -0.2) is 0 Å². The molecule has 0 bridgehead atoms. The van der Waals surface area contributed by atoms with Crippen molar-refractivity contribution >= 4 is 49.6 Å². The van der Waals surface area contributed by atoms with Crippen LogP contribution in [0.5, 0.6) is 11.5 Å². The second kappa shape index (κ2) is 9.90. The first-order valence-electron chi connectivity index (χ1n) is 9.31. The standard InChI is InChI=1S/C21H23BrN4O3S/c1-5-28-17-11-14(10-15(22)20(17)29-13-19(27)25(2)3)12-23-24-21-26(4)16-8-6-7-9-18(16)30-21/h6-12H,5,13H2,1-4H3. The lowest BCUT2D eigenvalue weighted by Gasteiger charge is -2.16. The summed E-state index contributed by atoms with van der Waals surface area (Å²) in [5.41, 5.74) is 1.91. The van der Waals surface area contributed by atoms with Gasteiger partial charge in [-0.3, -0.25) is 4.79 Å². The molecule has 1 aromatic heterocycles. The molecule has 0 aliphatic heterocycles. The van der Waals surface area contributed by atoms with Crippen molar-refractivity contribution in [1.82, 2.24) is 9.47 Å². The molecular formula is C21H23BrN4O3S. The normalized spacial score (nSPS) is 12.0. The number of para-hydroxylation sites is 1. The van der Waals surface area contributed by atoms with Gasteiger partial charge in [0.05, 0.1) is 27.5 Å². The lowest BCUT2D eigenvalue weighted by Crippen LogP contribution is -2.27. The zero-order chi connectivity index (χ0) is 21.7. The van der Waals surface area contributed by atoms with Crippen LogP contribution < -0.4 is 14.3 Å². The first-order chi connectivity index (χ1) is 14.4. The smallest absolute Gasteiger partial charge is 0.259 e. The fourth-order valence-corrected chi connectivity index (χ4v) is 4.20. The Labute approximate surface area is 187 Å². The van der Waals surface area contributed by atoms with E-state index in [4.69, 9.17) is 9.47 Å². The van der Waals surface area contributed by atoms with Gasteiger partial charge < -0.3 is 18.9 Å². The average Bonchev–Trinajstić information content (AvgIpc) is 3.03. The lowest BCUT2D eigenvalue weighted by atomic mass is 10.2. The highest BCUT2D eigenvalue weighted by molar-refractivity contribution is 9.10. The van der Waals surface area contributed by atoms with Crippen molar-refractivity contribution in [3.05, 3.63) is 51.2 Å². The Morgan fingerprint density at radius 1 is 1.27 bits per heavy atom. The van der Waals surface area contributed by atoms with E-state index >= 15 is 0 Å². The number of rotatable bonds is 7. The van der Waals surface area contributed by atoms with Gasteiger partial charge in [0.15, 0.2) is 18.1 Å². The van der Waals surface area contributed by atoms with Crippen LogP contribution in [0.3, 0.4) is 0 Å². The molecule has 0 spiro atoms. The van der Waals surface area contributed by atoms with Gasteiger partial charge in [-0.15, -0.1) is 5.10 Å². The third-order valence-corrected chi connectivity index (χ3v) is 5.93. The highest BCUT2D eigenvalue weighted by Crippen LogP contribution is 2.36. The molecule has 2 aromatic carbocycles. The summed E-state index contributed by atoms with van der Waals surface area (Å²) in [5.74, 6) is 0.884. The summed E-state index contributed by atoms with van der Waals surface area (Å²) in [7, 11) is 5.34. The predicted octanol–water partition coefficient (Wildman–Crippen LogP) is 3.80. The average molecular weight is 491 g/mol. The van der Waals surface area contributed by atoms with Crippen molar-refractivity contribution in [2.75, 3.05) is 27.3 Å². The molecule has 1 heterocycles. The van der Waals surface area contributed by atoms with E-state index in [1.54, 1.807) is 31.6 Å². The Bertz CT molecular complexity index is 1150. The molecule has 0 fully saturated rings. The number of fused-ring (bicyclic) bond motifs is 1. The Balaban J connectivity index is 1.86. The van der Waals surface area contributed by atoms with Gasteiger partial charge in [-0.1, -0.05) is 23.5 Å². The van der Waals surface area contributed by atoms with Crippen LogP contribution >= 0.6 is 27.3 Å². The summed E-state index contributed by atoms with van der Waals surface area (Å²) in [4.78, 5) is 14.1. The number of ether oxygens (including phenoxy) is 2. The van der Waals surface area contributed by atoms with Crippen LogP contribution in [0.25, 0.3) is 10.2 Å². The quantitative estimate of drug-likeness (QED) is 0.373. The van der Waals surface area contributed by atoms with E-state index < -0.39 is 0 Å². The van der Waals surface area contributed by atoms with E-state index in [1.807, 2.05) is 42.8 Å². The summed E-state index contributed by atoms with van der Waals surface area (Å²) < 4.78 is 15.2. The number of amides is 1. The lowest BCUT2D eigenvalue weighted by molar-refractivity contribution is -0.130. The highest BCUT2D eigenvalue weighted by atomic mass is 79.9. The van der Waals surface area contributed by atoms with E-state index in [0.717, 1.165) is 20.6 Å². The number of likely N-dealkylation sites (N-methyl/N-ethyl adjacent to an activating group) is 1. The molecule has 0 N–H and O–H groups in total. The molecule has 158 valence electrons. The summed E-state index contributed by atoms with van der Waals surface area (Å²) in [6.45, 7) is 2.28. The van der Waals surface area contributed by atoms with E-state index in [1.165, 1.54) is 4.90 Å². The molecule has 3 rings (SSSR count). The zero-order valence-electron chi connectivity index (χ0n) is 17.3. The Hall–Kier alpha value is -2.65. The van der Waals surface area contributed by atoms with Crippen molar-refractivity contribution in [3.8, 4) is 11.5 Å². The van der Waals surface area contributed by atoms with Crippen LogP contribution in [0.15, 0.2) is 51.1 Å². The molecule has 0 saturated heterocycles. The van der Waals surface area contributed by atoms with Crippen molar-refractivity contribution in [2.24, 2.45) is 17.3 Å². The molecule has 0 aliphatic carbocycles. The zero-order valence-corrected chi connectivity index (χ0v) is 19.7. The number of benzene rings is 2. The highest BCUT2D eigenvalue weighted by Gasteiger charge is 2.14. The minimum Gasteiger partial charge on any atom is -0.490 e. The summed E-state index contributed by atoms with van der Waals surface area (Å²) >= 11 is 5.08. The number of thiazole rings is 1. The SMILES string of the molecule is CCOc1cc(C=NN=c2sc3ccccc3n2C)cc(Br)c1OCC(=O)N(C)C. The molecule has 0 aliphatic rings. The number of halogens is 1. The van der Waals surface area contributed by atoms with Crippen LogP contribution in [0.4, 0.5) is 0 Å². The van der Waals surface area contributed by atoms with Gasteiger partial charge in [-0.2, -0.15) is 5.10 Å². The van der Waals surface area contributed by atoms with Crippen molar-refractivity contribution in [1.29, 1.82) is 0 Å². The third kappa shape index (κ3) is 5.09. The Kier molecular flexibility index (Phi) is 7.28. The van der Waals surface area contributed by atoms with Gasteiger partial charge >= 0.3 is 0 Å². The molecule has 30 heavy (non-hydrogen) atoms. The number of carbonyl (C=O) groups is 1. The Morgan fingerprint density at radius 2 is 2.03 bits per heavy atom. The van der Waals surface area contributed by atoms with Crippen LogP contribution in [-0.4, -0.2) is 48.9 Å². The fraction of sp³-hybridized carbons (Fsp3) is 0.286. The van der Waals surface area contributed by atoms with Gasteiger partial charge in [0.1, 0.15) is 0 Å². The predicted molar refractivity (Wildman–Crippen MR) is 123 cm³/mol. The van der Waals surface area contributed by atoms with Crippen LogP contribution in [0, 0.1) is 0 Å². The molecule has 0 unspecified atom stereocenters. The number of nitrogens with zero attached hydrogens (tertiary/aromatic N) is 4. The molecule has 7 nitrogen and oxygen atoms in total. The van der Waals surface area contributed by atoms with E-state index in [2.05, 4.69) is 38.3 Å². The summed E-state index contributed by atoms with van der Waals surface area (Å²) in [5, 5.41) is 8.61. The first-order valence-corrected chi connectivity index (χ1v) is 10.9. The monoisotopic (exact) mass is 490 g/mol. The van der Waals surface area contributed by atoms with E-state index in [0.29, 0.717) is 22.6 Å². The minimum atomic E-state index is -0.134.